The molecule has 3 heterocycles. The minimum absolute atomic E-state index is 0.00747. The number of urea groups is 1. The molecule has 5 fully saturated rings. The maximum atomic E-state index is 13.6. The highest BCUT2D eigenvalue weighted by Gasteiger charge is 2.52. The first kappa shape index (κ1) is 26.5. The number of benzene rings is 1. The number of aromatic nitrogens is 3. The highest BCUT2D eigenvalue weighted by molar-refractivity contribution is 7.12. The molecule has 41 heavy (non-hydrogen) atoms. The van der Waals surface area contributed by atoms with E-state index in [0.29, 0.717) is 30.3 Å². The number of piperazine rings is 1. The van der Waals surface area contributed by atoms with Crippen molar-refractivity contribution in [1.82, 2.24) is 29.9 Å². The number of ether oxygens (including phenoxy) is 1. The van der Waals surface area contributed by atoms with Crippen LogP contribution in [0.15, 0.2) is 35.8 Å². The Hall–Kier alpha value is -3.40. The van der Waals surface area contributed by atoms with Gasteiger partial charge in [0.15, 0.2) is 0 Å². The smallest absolute Gasteiger partial charge is 0.318 e. The summed E-state index contributed by atoms with van der Waals surface area (Å²) in [6.45, 7) is 5.51. The lowest BCUT2D eigenvalue weighted by Crippen LogP contribution is -2.65. The van der Waals surface area contributed by atoms with Gasteiger partial charge in [0.05, 0.1) is 30.3 Å². The summed E-state index contributed by atoms with van der Waals surface area (Å²) in [5.74, 6) is 3.09. The third kappa shape index (κ3) is 4.79. The zero-order valence-corrected chi connectivity index (χ0v) is 24.8. The average molecular weight is 575 g/mol. The van der Waals surface area contributed by atoms with Gasteiger partial charge in [-0.2, -0.15) is 5.10 Å². The number of hydrogen-bond donors (Lipinski definition) is 1. The molecular weight excluding hydrogens is 536 g/mol. The average Bonchev–Trinajstić information content (AvgIpc) is 3.58. The third-order valence-corrected chi connectivity index (χ3v) is 10.7. The quantitative estimate of drug-likeness (QED) is 0.456. The fraction of sp³-hybridized carbons (Fsp3) is 0.548. The number of carbonyl (C=O) groups is 2. The van der Waals surface area contributed by atoms with Crippen molar-refractivity contribution >= 4 is 23.3 Å². The molecule has 0 radical (unpaired) electrons. The van der Waals surface area contributed by atoms with Crippen LogP contribution < -0.4 is 10.1 Å². The third-order valence-electron chi connectivity index (χ3n) is 9.86. The van der Waals surface area contributed by atoms with Crippen LogP contribution in [0, 0.1) is 24.7 Å². The van der Waals surface area contributed by atoms with Crippen LogP contribution in [0.1, 0.15) is 61.5 Å². The Kier molecular flexibility index (Phi) is 6.56. The van der Waals surface area contributed by atoms with E-state index in [4.69, 9.17) is 9.72 Å². The molecule has 5 aliphatic rings. The van der Waals surface area contributed by atoms with Crippen LogP contribution in [0.5, 0.6) is 5.75 Å². The van der Waals surface area contributed by atoms with E-state index in [1.54, 1.807) is 18.0 Å². The van der Waals surface area contributed by atoms with Crippen LogP contribution in [-0.4, -0.2) is 74.8 Å². The first-order chi connectivity index (χ1) is 19.8. The summed E-state index contributed by atoms with van der Waals surface area (Å²) < 4.78 is 7.08. The molecule has 4 bridgehead atoms. The van der Waals surface area contributed by atoms with Crippen molar-refractivity contribution in [2.24, 2.45) is 17.8 Å². The van der Waals surface area contributed by atoms with Gasteiger partial charge in [0.2, 0.25) is 5.13 Å². The molecule has 1 atom stereocenters. The summed E-state index contributed by atoms with van der Waals surface area (Å²) in [5, 5.41) is 10.7. The molecule has 2 aromatic heterocycles. The molecule has 0 spiro atoms. The number of methoxy groups -OCH3 is 1. The van der Waals surface area contributed by atoms with Gasteiger partial charge in [-0.3, -0.25) is 4.79 Å². The van der Waals surface area contributed by atoms with E-state index in [1.165, 1.54) is 30.6 Å². The standard InChI is InChI=1S/C31H38N6O3S/c1-19-17-35(7-8-36(19)29(39)34-31-13-21-9-22(14-31)11-23(10-21)15-31)28(38)26-16-32-37(20(26)2)30-33-27(18-41-30)24-5-4-6-25(12-24)40-3/h4-6,12,16,18-19,21-23H,7-11,13-15,17H2,1-3H3,(H,34,39)/t19-,21?,22?,23?,31?/m0/s1. The van der Waals surface area contributed by atoms with Crippen molar-refractivity contribution in [2.75, 3.05) is 26.7 Å². The normalized spacial score (nSPS) is 28.7. The van der Waals surface area contributed by atoms with Gasteiger partial charge in [-0.15, -0.1) is 11.3 Å². The SMILES string of the molecule is COc1cccc(-c2csc(-n3ncc(C(=O)N4CCN(C(=O)NC56CC7CC(CC(C7)C5)C6)[C@@H](C)C4)c3C)n2)c1. The van der Waals surface area contributed by atoms with E-state index < -0.39 is 0 Å². The molecule has 1 aromatic carbocycles. The molecule has 4 saturated carbocycles. The molecule has 216 valence electrons. The predicted molar refractivity (Wildman–Crippen MR) is 157 cm³/mol. The second kappa shape index (κ2) is 10.2. The van der Waals surface area contributed by atoms with Crippen molar-refractivity contribution < 1.29 is 14.3 Å². The molecule has 9 nitrogen and oxygen atoms in total. The van der Waals surface area contributed by atoms with E-state index in [0.717, 1.165) is 59.7 Å². The topological polar surface area (TPSA) is 92.6 Å². The molecule has 1 N–H and O–H groups in total. The Balaban J connectivity index is 1.01. The second-order valence-corrected chi connectivity index (χ2v) is 13.6. The molecule has 8 rings (SSSR count). The minimum Gasteiger partial charge on any atom is -0.497 e. The molecule has 3 amide bonds. The fourth-order valence-electron chi connectivity index (χ4n) is 8.27. The molecule has 1 aliphatic heterocycles. The first-order valence-corrected chi connectivity index (χ1v) is 15.7. The molecule has 10 heteroatoms. The summed E-state index contributed by atoms with van der Waals surface area (Å²) in [6, 6.07) is 7.79. The van der Waals surface area contributed by atoms with Crippen LogP contribution in [0.3, 0.4) is 0 Å². The second-order valence-electron chi connectivity index (χ2n) is 12.7. The van der Waals surface area contributed by atoms with Gasteiger partial charge in [-0.25, -0.2) is 14.5 Å². The van der Waals surface area contributed by atoms with Gasteiger partial charge in [-0.05, 0) is 82.3 Å². The van der Waals surface area contributed by atoms with E-state index in [9.17, 15) is 9.59 Å². The largest absolute Gasteiger partial charge is 0.497 e. The van der Waals surface area contributed by atoms with Crippen molar-refractivity contribution in [1.29, 1.82) is 0 Å². The predicted octanol–water partition coefficient (Wildman–Crippen LogP) is 5.14. The summed E-state index contributed by atoms with van der Waals surface area (Å²) in [6.07, 6.45) is 9.13. The maximum Gasteiger partial charge on any atom is 0.318 e. The van der Waals surface area contributed by atoms with Crippen LogP contribution in [0.4, 0.5) is 4.79 Å². The summed E-state index contributed by atoms with van der Waals surface area (Å²) in [7, 11) is 1.65. The van der Waals surface area contributed by atoms with Crippen molar-refractivity contribution in [2.45, 2.75) is 64.0 Å². The number of rotatable bonds is 5. The summed E-state index contributed by atoms with van der Waals surface area (Å²) in [5.41, 5.74) is 3.13. The van der Waals surface area contributed by atoms with Gasteiger partial charge in [0.25, 0.3) is 5.91 Å². The van der Waals surface area contributed by atoms with E-state index in [2.05, 4.69) is 10.4 Å². The number of thiazole rings is 1. The van der Waals surface area contributed by atoms with Gasteiger partial charge in [-0.1, -0.05) is 12.1 Å². The summed E-state index contributed by atoms with van der Waals surface area (Å²) in [4.78, 5) is 35.7. The number of hydrogen-bond acceptors (Lipinski definition) is 6. The molecule has 3 aromatic rings. The fourth-order valence-corrected chi connectivity index (χ4v) is 9.11. The zero-order chi connectivity index (χ0) is 28.3. The van der Waals surface area contributed by atoms with Gasteiger partial charge >= 0.3 is 6.03 Å². The van der Waals surface area contributed by atoms with Crippen molar-refractivity contribution in [3.8, 4) is 22.1 Å². The number of nitrogens with zero attached hydrogens (tertiary/aromatic N) is 5. The van der Waals surface area contributed by atoms with E-state index in [-0.39, 0.29) is 23.5 Å². The first-order valence-electron chi connectivity index (χ1n) is 14.8. The highest BCUT2D eigenvalue weighted by Crippen LogP contribution is 2.55. The molecule has 0 unspecified atom stereocenters. The molecule has 4 aliphatic carbocycles. The lowest BCUT2D eigenvalue weighted by Gasteiger charge is -2.57. The number of carbonyl (C=O) groups excluding carboxylic acids is 2. The highest BCUT2D eigenvalue weighted by atomic mass is 32.1. The number of amides is 3. The Bertz CT molecular complexity index is 1440. The lowest BCUT2D eigenvalue weighted by molar-refractivity contribution is -0.0176. The van der Waals surface area contributed by atoms with Crippen molar-refractivity contribution in [3.63, 3.8) is 0 Å². The van der Waals surface area contributed by atoms with Crippen molar-refractivity contribution in [3.05, 3.63) is 47.1 Å². The maximum absolute atomic E-state index is 13.6. The Morgan fingerprint density at radius 2 is 1.83 bits per heavy atom. The van der Waals surface area contributed by atoms with Crippen LogP contribution >= 0.6 is 11.3 Å². The molecular formula is C31H38N6O3S. The van der Waals surface area contributed by atoms with E-state index >= 15 is 0 Å². The Morgan fingerprint density at radius 3 is 2.51 bits per heavy atom. The van der Waals surface area contributed by atoms with Crippen LogP contribution in [-0.2, 0) is 0 Å². The zero-order valence-electron chi connectivity index (χ0n) is 24.0. The van der Waals surface area contributed by atoms with Gasteiger partial charge in [0.1, 0.15) is 5.75 Å². The number of nitrogens with one attached hydrogen (secondary N) is 1. The Morgan fingerprint density at radius 1 is 1.10 bits per heavy atom. The van der Waals surface area contributed by atoms with Gasteiger partial charge in [0, 0.05) is 42.2 Å². The van der Waals surface area contributed by atoms with E-state index in [1.807, 2.05) is 53.3 Å². The summed E-state index contributed by atoms with van der Waals surface area (Å²) >= 11 is 1.48. The monoisotopic (exact) mass is 574 g/mol. The lowest BCUT2D eigenvalue weighted by atomic mass is 9.53. The van der Waals surface area contributed by atoms with Crippen LogP contribution in [0.2, 0.25) is 0 Å². The minimum atomic E-state index is -0.0543. The molecule has 1 saturated heterocycles. The van der Waals surface area contributed by atoms with Crippen LogP contribution in [0.25, 0.3) is 16.4 Å². The Labute approximate surface area is 244 Å². The van der Waals surface area contributed by atoms with Gasteiger partial charge < -0.3 is 19.9 Å².